The summed E-state index contributed by atoms with van der Waals surface area (Å²) in [5.74, 6) is 0.0976. The number of benzene rings is 1. The topological polar surface area (TPSA) is 99.9 Å². The number of nitrogens with zero attached hydrogens (tertiary/aromatic N) is 1. The van der Waals surface area contributed by atoms with Gasteiger partial charge < -0.3 is 22.1 Å². The van der Waals surface area contributed by atoms with Crippen molar-refractivity contribution in [2.75, 3.05) is 27.2 Å². The van der Waals surface area contributed by atoms with Crippen LogP contribution in [0.1, 0.15) is 37.7 Å². The largest absolute Gasteiger partial charge is 0.397 e. The molecule has 0 amide bonds. The zero-order valence-corrected chi connectivity index (χ0v) is 21.0. The molecule has 5 nitrogen and oxygen atoms in total. The number of nitriles is 1. The third-order valence-corrected chi connectivity index (χ3v) is 6.03. The summed E-state index contributed by atoms with van der Waals surface area (Å²) in [7, 11) is 3.43. The van der Waals surface area contributed by atoms with E-state index in [9.17, 15) is 5.26 Å². The van der Waals surface area contributed by atoms with Crippen molar-refractivity contribution in [1.29, 1.82) is 5.26 Å². The predicted molar refractivity (Wildman–Crippen MR) is 145 cm³/mol. The number of hydrogen-bond acceptors (Lipinski definition) is 6. The molecule has 0 radical (unpaired) electrons. The molecule has 178 valence electrons. The second-order valence-electron chi connectivity index (χ2n) is 7.48. The minimum atomic E-state index is -0.485. The first kappa shape index (κ1) is 30.1. The van der Waals surface area contributed by atoms with Crippen LogP contribution in [0.25, 0.3) is 0 Å². The molecule has 6 N–H and O–H groups in total. The van der Waals surface area contributed by atoms with Crippen LogP contribution in [0.3, 0.4) is 0 Å². The summed E-state index contributed by atoms with van der Waals surface area (Å²) in [6.07, 6.45) is 18.0. The van der Waals surface area contributed by atoms with E-state index in [1.165, 1.54) is 7.05 Å². The number of nitrogens with two attached hydrogens (primary N) is 2. The summed E-state index contributed by atoms with van der Waals surface area (Å²) in [6, 6.07) is 10.8. The maximum absolute atomic E-state index is 10.3. The summed E-state index contributed by atoms with van der Waals surface area (Å²) in [5, 5.41) is 16.9. The molecule has 1 aromatic carbocycles. The van der Waals surface area contributed by atoms with Crippen LogP contribution in [-0.4, -0.2) is 27.2 Å². The maximum Gasteiger partial charge on any atom is 0.0696 e. The lowest BCUT2D eigenvalue weighted by atomic mass is 9.68. The van der Waals surface area contributed by atoms with Gasteiger partial charge in [0.05, 0.1) is 22.9 Å². The first-order valence-corrected chi connectivity index (χ1v) is 11.4. The monoisotopic (exact) mass is 465 g/mol. The Hall–Kier alpha value is -2.90. The predicted octanol–water partition coefficient (Wildman–Crippen LogP) is 4.24. The van der Waals surface area contributed by atoms with Crippen molar-refractivity contribution in [3.05, 3.63) is 77.7 Å². The van der Waals surface area contributed by atoms with E-state index >= 15 is 0 Å². The van der Waals surface area contributed by atoms with E-state index in [4.69, 9.17) is 5.73 Å². The van der Waals surface area contributed by atoms with Crippen molar-refractivity contribution in [3.8, 4) is 18.9 Å². The molecule has 1 aliphatic heterocycles. The second-order valence-corrected chi connectivity index (χ2v) is 7.99. The molecule has 1 aliphatic rings. The van der Waals surface area contributed by atoms with Gasteiger partial charge in [-0.1, -0.05) is 43.9 Å². The highest BCUT2D eigenvalue weighted by Crippen LogP contribution is 2.43. The molecule has 2 atom stereocenters. The molecule has 1 heterocycles. The van der Waals surface area contributed by atoms with Crippen molar-refractivity contribution >= 4 is 12.6 Å². The molecule has 2 rings (SSSR count). The zero-order chi connectivity index (χ0) is 25.3. The van der Waals surface area contributed by atoms with Crippen LogP contribution in [0, 0.1) is 29.6 Å². The van der Waals surface area contributed by atoms with Crippen molar-refractivity contribution < 1.29 is 0 Å². The fourth-order valence-corrected chi connectivity index (χ4v) is 3.97. The molecule has 0 saturated heterocycles. The summed E-state index contributed by atoms with van der Waals surface area (Å²) >= 11 is 4.39. The lowest BCUT2D eigenvalue weighted by Crippen LogP contribution is -2.31. The molecule has 2 unspecified atom stereocenters. The van der Waals surface area contributed by atoms with Gasteiger partial charge in [-0.05, 0) is 75.2 Å². The normalized spacial score (nSPS) is 15.4. The standard InChI is InChI=1S/C24H32N4S.C2H2.CH5N/c1-4-6-22(26)23-20(7-5-15-28-23)12-13-24(17-25,14-16-27-3)18(2)19-8-10-21(29)11-9-19;2*1-2/h4-11,18,27-29H,1,12-16,26H2,2-3H3;1-2H;2H2,1H3/b22-6-;;. The van der Waals surface area contributed by atoms with Gasteiger partial charge in [-0.3, -0.25) is 0 Å². The molecule has 1 aromatic rings. The molecule has 0 aliphatic carbocycles. The van der Waals surface area contributed by atoms with Gasteiger partial charge in [0.2, 0.25) is 0 Å². The molecule has 0 bridgehead atoms. The fraction of sp³-hybridized carbons (Fsp3) is 0.370. The summed E-state index contributed by atoms with van der Waals surface area (Å²) in [6.45, 7) is 7.43. The van der Waals surface area contributed by atoms with Crippen LogP contribution in [0.2, 0.25) is 0 Å². The average Bonchev–Trinajstić information content (AvgIpc) is 2.87. The van der Waals surface area contributed by atoms with Gasteiger partial charge in [0.25, 0.3) is 0 Å². The molecule has 33 heavy (non-hydrogen) atoms. The number of dihydropyridines is 1. The van der Waals surface area contributed by atoms with Crippen LogP contribution >= 0.6 is 12.6 Å². The number of hydrogen-bond donors (Lipinski definition) is 5. The average molecular weight is 466 g/mol. The SMILES string of the molecule is C#C.C=C/C=C(\N)C1=C(CCC(C#N)(CCNC)C(C)c2ccc(S)cc2)C=CCN1.CN. The van der Waals surface area contributed by atoms with Gasteiger partial charge in [0, 0.05) is 11.4 Å². The lowest BCUT2D eigenvalue weighted by molar-refractivity contribution is 0.278. The Morgan fingerprint density at radius 2 is 1.97 bits per heavy atom. The van der Waals surface area contributed by atoms with Crippen LogP contribution in [0.5, 0.6) is 0 Å². The van der Waals surface area contributed by atoms with Crippen molar-refractivity contribution in [1.82, 2.24) is 10.6 Å². The van der Waals surface area contributed by atoms with Gasteiger partial charge in [0.1, 0.15) is 0 Å². The van der Waals surface area contributed by atoms with Gasteiger partial charge in [-0.15, -0.1) is 25.5 Å². The molecular weight excluding hydrogens is 426 g/mol. The second kappa shape index (κ2) is 16.7. The molecule has 0 aromatic heterocycles. The Labute approximate surface area is 206 Å². The highest BCUT2D eigenvalue weighted by atomic mass is 32.1. The van der Waals surface area contributed by atoms with Gasteiger partial charge >= 0.3 is 0 Å². The van der Waals surface area contributed by atoms with Crippen LogP contribution in [-0.2, 0) is 0 Å². The van der Waals surface area contributed by atoms with E-state index in [-0.39, 0.29) is 5.92 Å². The lowest BCUT2D eigenvalue weighted by Gasteiger charge is -2.34. The Balaban J connectivity index is 0.00000242. The molecular formula is C27H39N5S. The Kier molecular flexibility index (Phi) is 15.2. The summed E-state index contributed by atoms with van der Waals surface area (Å²) < 4.78 is 0. The van der Waals surface area contributed by atoms with Gasteiger partial charge in [-0.2, -0.15) is 5.26 Å². The quantitative estimate of drug-likeness (QED) is 0.202. The number of allylic oxidation sites excluding steroid dienone is 4. The third-order valence-electron chi connectivity index (χ3n) is 5.73. The maximum atomic E-state index is 10.3. The van der Waals surface area contributed by atoms with Crippen LogP contribution < -0.4 is 22.1 Å². The van der Waals surface area contributed by atoms with Gasteiger partial charge in [0.15, 0.2) is 0 Å². The third kappa shape index (κ3) is 8.86. The first-order valence-electron chi connectivity index (χ1n) is 11.0. The number of thiol groups is 1. The Morgan fingerprint density at radius 3 is 2.52 bits per heavy atom. The summed E-state index contributed by atoms with van der Waals surface area (Å²) in [5.41, 5.74) is 14.2. The molecule has 6 heteroatoms. The van der Waals surface area contributed by atoms with E-state index in [2.05, 4.69) is 85.7 Å². The highest BCUT2D eigenvalue weighted by molar-refractivity contribution is 7.80. The van der Waals surface area contributed by atoms with Crippen molar-refractivity contribution in [2.45, 2.75) is 37.0 Å². The van der Waals surface area contributed by atoms with E-state index in [0.29, 0.717) is 5.70 Å². The highest BCUT2D eigenvalue weighted by Gasteiger charge is 2.37. The number of rotatable bonds is 10. The number of nitrogens with one attached hydrogen (secondary N) is 2. The molecule has 0 fully saturated rings. The minimum absolute atomic E-state index is 0.0976. The minimum Gasteiger partial charge on any atom is -0.397 e. The Bertz CT molecular complexity index is 874. The zero-order valence-electron chi connectivity index (χ0n) is 20.1. The van der Waals surface area contributed by atoms with E-state index in [0.717, 1.165) is 54.1 Å². The number of terminal acetylenes is 1. The van der Waals surface area contributed by atoms with E-state index < -0.39 is 5.41 Å². The molecule has 0 saturated carbocycles. The van der Waals surface area contributed by atoms with Gasteiger partial charge in [-0.25, -0.2) is 0 Å². The smallest absolute Gasteiger partial charge is 0.0696 e. The summed E-state index contributed by atoms with van der Waals surface area (Å²) in [4.78, 5) is 0.927. The van der Waals surface area contributed by atoms with Crippen molar-refractivity contribution in [2.24, 2.45) is 16.9 Å². The van der Waals surface area contributed by atoms with E-state index in [1.54, 1.807) is 6.08 Å². The van der Waals surface area contributed by atoms with Crippen molar-refractivity contribution in [3.63, 3.8) is 0 Å². The van der Waals surface area contributed by atoms with Crippen LogP contribution in [0.4, 0.5) is 0 Å². The fourth-order valence-electron chi connectivity index (χ4n) is 3.82. The Morgan fingerprint density at radius 1 is 1.33 bits per heavy atom. The molecule has 0 spiro atoms. The van der Waals surface area contributed by atoms with Crippen LogP contribution in [0.15, 0.2) is 77.0 Å². The first-order chi connectivity index (χ1) is 16.0. The van der Waals surface area contributed by atoms with E-state index in [1.807, 2.05) is 25.3 Å².